The third-order valence-electron chi connectivity index (χ3n) is 8.10. The van der Waals surface area contributed by atoms with E-state index in [4.69, 9.17) is 4.98 Å². The Morgan fingerprint density at radius 1 is 0.350 bits per heavy atom. The molecule has 0 spiro atoms. The van der Waals surface area contributed by atoms with E-state index in [1.807, 2.05) is 6.20 Å². The maximum atomic E-state index is 4.97. The largest absolute Gasteiger partial charge is 0.256 e. The van der Waals surface area contributed by atoms with Crippen LogP contribution < -0.4 is 0 Å². The molecule has 0 N–H and O–H groups in total. The zero-order chi connectivity index (χ0) is 26.5. The summed E-state index contributed by atoms with van der Waals surface area (Å²) in [6.07, 6.45) is 1.91. The predicted octanol–water partition coefficient (Wildman–Crippen LogP) is 10.7. The molecule has 0 aliphatic heterocycles. The van der Waals surface area contributed by atoms with Crippen LogP contribution in [0.2, 0.25) is 0 Å². The van der Waals surface area contributed by atoms with Crippen LogP contribution in [0.1, 0.15) is 0 Å². The van der Waals surface area contributed by atoms with E-state index < -0.39 is 0 Å². The number of hydrogen-bond acceptors (Lipinski definition) is 1. The van der Waals surface area contributed by atoms with E-state index in [0.717, 1.165) is 5.52 Å². The number of pyridine rings is 1. The molecule has 0 atom stereocenters. The summed E-state index contributed by atoms with van der Waals surface area (Å²) in [7, 11) is 0. The normalized spacial score (nSPS) is 11.5. The van der Waals surface area contributed by atoms with Crippen molar-refractivity contribution in [1.29, 1.82) is 0 Å². The minimum absolute atomic E-state index is 1.03. The van der Waals surface area contributed by atoms with Crippen molar-refractivity contribution in [3.8, 4) is 33.4 Å². The minimum Gasteiger partial charge on any atom is -0.256 e. The van der Waals surface area contributed by atoms with Gasteiger partial charge in [0.05, 0.1) is 5.52 Å². The Labute approximate surface area is 233 Å². The van der Waals surface area contributed by atoms with Crippen LogP contribution in [0.3, 0.4) is 0 Å². The summed E-state index contributed by atoms with van der Waals surface area (Å²) < 4.78 is 0. The Bertz CT molecular complexity index is 2150. The van der Waals surface area contributed by atoms with Crippen molar-refractivity contribution in [1.82, 2.24) is 4.98 Å². The molecule has 8 rings (SSSR count). The average molecular weight is 508 g/mol. The van der Waals surface area contributed by atoms with Crippen LogP contribution in [0.4, 0.5) is 0 Å². The molecule has 1 aromatic heterocycles. The smallest absolute Gasteiger partial charge is 0.0792 e. The summed E-state index contributed by atoms with van der Waals surface area (Å²) in [5.41, 5.74) is 8.35. The molecule has 0 saturated carbocycles. The number of aromatic nitrogens is 1. The lowest BCUT2D eigenvalue weighted by atomic mass is 9.85. The van der Waals surface area contributed by atoms with Crippen LogP contribution in [-0.2, 0) is 0 Å². The highest BCUT2D eigenvalue weighted by atomic mass is 14.7. The lowest BCUT2D eigenvalue weighted by Crippen LogP contribution is -1.93. The molecule has 0 amide bonds. The molecule has 0 bridgehead atoms. The SMILES string of the molecule is c1ccc(-c2c3ccccc3c(-c3ccc(-c4ccc5ccccc5c4)c4ccccc34)c3cccnc23)cc1. The van der Waals surface area contributed by atoms with Gasteiger partial charge in [0.1, 0.15) is 0 Å². The fourth-order valence-corrected chi connectivity index (χ4v) is 6.31. The molecule has 7 aromatic carbocycles. The van der Waals surface area contributed by atoms with Gasteiger partial charge in [0.25, 0.3) is 0 Å². The number of rotatable bonds is 3. The van der Waals surface area contributed by atoms with Crippen LogP contribution in [-0.4, -0.2) is 4.98 Å². The van der Waals surface area contributed by atoms with Gasteiger partial charge < -0.3 is 0 Å². The van der Waals surface area contributed by atoms with Crippen molar-refractivity contribution in [2.75, 3.05) is 0 Å². The topological polar surface area (TPSA) is 12.9 Å². The minimum atomic E-state index is 1.03. The van der Waals surface area contributed by atoms with Crippen LogP contribution in [0.15, 0.2) is 152 Å². The Hall–Kier alpha value is -5.27. The van der Waals surface area contributed by atoms with Crippen molar-refractivity contribution in [2.24, 2.45) is 0 Å². The van der Waals surface area contributed by atoms with Gasteiger partial charge in [-0.3, -0.25) is 4.98 Å². The Kier molecular flexibility index (Phi) is 5.21. The third-order valence-corrected chi connectivity index (χ3v) is 8.10. The van der Waals surface area contributed by atoms with E-state index in [1.165, 1.54) is 71.1 Å². The second-order valence-corrected chi connectivity index (χ2v) is 10.3. The van der Waals surface area contributed by atoms with Crippen LogP contribution >= 0.6 is 0 Å². The lowest BCUT2D eigenvalue weighted by Gasteiger charge is -2.19. The Morgan fingerprint density at radius 2 is 0.950 bits per heavy atom. The van der Waals surface area contributed by atoms with Gasteiger partial charge in [-0.15, -0.1) is 0 Å². The predicted molar refractivity (Wildman–Crippen MR) is 171 cm³/mol. The van der Waals surface area contributed by atoms with E-state index in [1.54, 1.807) is 0 Å². The molecular weight excluding hydrogens is 482 g/mol. The molecule has 40 heavy (non-hydrogen) atoms. The van der Waals surface area contributed by atoms with Gasteiger partial charge in [-0.05, 0) is 72.3 Å². The standard InChI is InChI=1S/C39H25N/c1-2-12-27(13-3-1)37-33-17-8-9-18-34(33)38(36-19-10-24-40-39(36)37)35-23-22-30(31-15-6-7-16-32(31)35)29-21-20-26-11-4-5-14-28(26)25-29/h1-25H. The molecule has 1 heteroatoms. The molecule has 0 aliphatic rings. The fourth-order valence-electron chi connectivity index (χ4n) is 6.31. The van der Waals surface area contributed by atoms with Crippen molar-refractivity contribution >= 4 is 43.2 Å². The first-order valence-corrected chi connectivity index (χ1v) is 13.7. The van der Waals surface area contributed by atoms with Gasteiger partial charge in [-0.2, -0.15) is 0 Å². The van der Waals surface area contributed by atoms with E-state index >= 15 is 0 Å². The first-order chi connectivity index (χ1) is 19.9. The molecule has 1 heterocycles. The zero-order valence-corrected chi connectivity index (χ0v) is 21.9. The second-order valence-electron chi connectivity index (χ2n) is 10.3. The van der Waals surface area contributed by atoms with Crippen LogP contribution in [0.5, 0.6) is 0 Å². The fraction of sp³-hybridized carbons (Fsp3) is 0. The molecule has 0 aliphatic carbocycles. The molecular formula is C39H25N. The summed E-state index contributed by atoms with van der Waals surface area (Å²) in [4.78, 5) is 4.97. The van der Waals surface area contributed by atoms with Gasteiger partial charge in [0.15, 0.2) is 0 Å². The zero-order valence-electron chi connectivity index (χ0n) is 21.9. The highest BCUT2D eigenvalue weighted by molar-refractivity contribution is 6.23. The lowest BCUT2D eigenvalue weighted by molar-refractivity contribution is 1.42. The first kappa shape index (κ1) is 22.7. The summed E-state index contributed by atoms with van der Waals surface area (Å²) >= 11 is 0. The summed E-state index contributed by atoms with van der Waals surface area (Å²) in [6, 6.07) is 52.5. The van der Waals surface area contributed by atoms with Gasteiger partial charge in [0.2, 0.25) is 0 Å². The van der Waals surface area contributed by atoms with Gasteiger partial charge in [-0.1, -0.05) is 133 Å². The average Bonchev–Trinajstić information content (AvgIpc) is 3.03. The van der Waals surface area contributed by atoms with E-state index in [-0.39, 0.29) is 0 Å². The third kappa shape index (κ3) is 3.52. The highest BCUT2D eigenvalue weighted by Crippen LogP contribution is 2.45. The molecule has 0 saturated heterocycles. The number of hydrogen-bond donors (Lipinski definition) is 0. The van der Waals surface area contributed by atoms with Crippen molar-refractivity contribution in [2.45, 2.75) is 0 Å². The first-order valence-electron chi connectivity index (χ1n) is 13.7. The molecule has 0 fully saturated rings. The van der Waals surface area contributed by atoms with Gasteiger partial charge >= 0.3 is 0 Å². The Balaban J connectivity index is 1.46. The summed E-state index contributed by atoms with van der Waals surface area (Å²) in [5.74, 6) is 0. The molecule has 0 radical (unpaired) electrons. The maximum absolute atomic E-state index is 4.97. The molecule has 0 unspecified atom stereocenters. The van der Waals surface area contributed by atoms with Crippen molar-refractivity contribution in [3.05, 3.63) is 152 Å². The molecule has 8 aromatic rings. The molecule has 186 valence electrons. The highest BCUT2D eigenvalue weighted by Gasteiger charge is 2.19. The monoisotopic (exact) mass is 507 g/mol. The van der Waals surface area contributed by atoms with Gasteiger partial charge in [0, 0.05) is 17.1 Å². The van der Waals surface area contributed by atoms with E-state index in [2.05, 4.69) is 146 Å². The maximum Gasteiger partial charge on any atom is 0.0792 e. The second kappa shape index (κ2) is 9.18. The summed E-state index contributed by atoms with van der Waals surface area (Å²) in [5, 5.41) is 8.65. The Morgan fingerprint density at radius 3 is 1.75 bits per heavy atom. The van der Waals surface area contributed by atoms with Crippen molar-refractivity contribution in [3.63, 3.8) is 0 Å². The number of nitrogens with zero attached hydrogens (tertiary/aromatic N) is 1. The van der Waals surface area contributed by atoms with Gasteiger partial charge in [-0.25, -0.2) is 0 Å². The number of fused-ring (bicyclic) bond motifs is 4. The van der Waals surface area contributed by atoms with Crippen LogP contribution in [0.25, 0.3) is 76.6 Å². The summed E-state index contributed by atoms with van der Waals surface area (Å²) in [6.45, 7) is 0. The van der Waals surface area contributed by atoms with Crippen molar-refractivity contribution < 1.29 is 0 Å². The van der Waals surface area contributed by atoms with E-state index in [0.29, 0.717) is 0 Å². The van der Waals surface area contributed by atoms with Crippen LogP contribution in [0, 0.1) is 0 Å². The van der Waals surface area contributed by atoms with E-state index in [9.17, 15) is 0 Å². The quantitative estimate of drug-likeness (QED) is 0.217. The molecule has 1 nitrogen and oxygen atoms in total. The number of benzene rings is 7.